The standard InChI is InChI=1S/C26H18NO.C17H32O2.Ir/c1-26(2)13-12-19-23-16(7-5-10-21(23)26)15-20-17-8-6-9-18(24(17)28-25(19)20)22-11-3-4-14-27-22;1-10(2)16(11(3)4)14(18)9-15(19)17(12(5)6)13(7)8;/h3-8,10-15H,1-2H3;9-13,16-18H,1-8H3;/q-1;;/b;14-9-;. The van der Waals surface area contributed by atoms with Gasteiger partial charge in [0.25, 0.3) is 0 Å². The number of fused-ring (bicyclic) bond motifs is 4. The number of allylic oxidation sites excluding steroid dienone is 3. The molecule has 2 heterocycles. The monoisotopic (exact) mass is 821 g/mol. The topological polar surface area (TPSA) is 63.3 Å². The van der Waals surface area contributed by atoms with Gasteiger partial charge in [0.1, 0.15) is 5.58 Å². The van der Waals surface area contributed by atoms with Crippen molar-refractivity contribution >= 4 is 44.6 Å². The van der Waals surface area contributed by atoms with Crippen molar-refractivity contribution < 1.29 is 34.4 Å². The first-order valence-electron chi connectivity index (χ1n) is 17.1. The van der Waals surface area contributed by atoms with Gasteiger partial charge in [-0.2, -0.15) is 0 Å². The maximum atomic E-state index is 12.3. The average molecular weight is 821 g/mol. The molecule has 5 heteroatoms. The molecule has 1 aliphatic carbocycles. The zero-order valence-corrected chi connectivity index (χ0v) is 32.4. The molecule has 48 heavy (non-hydrogen) atoms. The first-order chi connectivity index (χ1) is 22.2. The van der Waals surface area contributed by atoms with Crippen LogP contribution in [0, 0.1) is 41.6 Å². The molecular weight excluding hydrogens is 771 g/mol. The van der Waals surface area contributed by atoms with E-state index in [1.54, 1.807) is 6.20 Å². The van der Waals surface area contributed by atoms with E-state index in [2.05, 4.69) is 123 Å². The van der Waals surface area contributed by atoms with E-state index in [1.807, 2.05) is 24.3 Å². The third-order valence-electron chi connectivity index (χ3n) is 9.71. The number of aromatic nitrogens is 1. The number of aliphatic hydroxyl groups is 1. The number of hydrogen-bond donors (Lipinski definition) is 1. The van der Waals surface area contributed by atoms with Crippen LogP contribution in [0.15, 0.2) is 83.1 Å². The van der Waals surface area contributed by atoms with E-state index in [4.69, 9.17) is 4.42 Å². The zero-order chi connectivity index (χ0) is 34.2. The van der Waals surface area contributed by atoms with Crippen molar-refractivity contribution in [1.29, 1.82) is 0 Å². The fourth-order valence-corrected chi connectivity index (χ4v) is 7.68. The molecule has 255 valence electrons. The van der Waals surface area contributed by atoms with Gasteiger partial charge in [0.2, 0.25) is 0 Å². The molecular formula is C43H50IrNO3-. The Morgan fingerprint density at radius 1 is 0.854 bits per heavy atom. The molecule has 1 aliphatic rings. The van der Waals surface area contributed by atoms with Crippen molar-refractivity contribution in [3.63, 3.8) is 0 Å². The third kappa shape index (κ3) is 7.24. The van der Waals surface area contributed by atoms with Gasteiger partial charge >= 0.3 is 0 Å². The summed E-state index contributed by atoms with van der Waals surface area (Å²) in [6, 6.07) is 22.2. The zero-order valence-electron chi connectivity index (χ0n) is 30.0. The molecule has 1 N–H and O–H groups in total. The van der Waals surface area contributed by atoms with E-state index < -0.39 is 0 Å². The molecule has 4 nitrogen and oxygen atoms in total. The van der Waals surface area contributed by atoms with E-state index in [0.29, 0.717) is 23.7 Å². The Labute approximate surface area is 300 Å². The van der Waals surface area contributed by atoms with Crippen molar-refractivity contribution in [3.8, 4) is 11.3 Å². The number of hydrogen-bond acceptors (Lipinski definition) is 4. The van der Waals surface area contributed by atoms with Crippen LogP contribution in [0.25, 0.3) is 50.0 Å². The summed E-state index contributed by atoms with van der Waals surface area (Å²) in [6.07, 6.45) is 7.79. The van der Waals surface area contributed by atoms with E-state index in [-0.39, 0.29) is 48.9 Å². The molecule has 0 bridgehead atoms. The molecule has 6 rings (SSSR count). The van der Waals surface area contributed by atoms with Crippen LogP contribution >= 0.6 is 0 Å². The van der Waals surface area contributed by atoms with Crippen LogP contribution in [0.2, 0.25) is 0 Å². The molecule has 0 atom stereocenters. The van der Waals surface area contributed by atoms with Crippen LogP contribution in [-0.4, -0.2) is 15.9 Å². The summed E-state index contributed by atoms with van der Waals surface area (Å²) >= 11 is 0. The van der Waals surface area contributed by atoms with Gasteiger partial charge in [-0.3, -0.25) is 4.79 Å². The molecule has 2 aromatic heterocycles. The van der Waals surface area contributed by atoms with Gasteiger partial charge in [0.15, 0.2) is 5.78 Å². The molecule has 0 unspecified atom stereocenters. The van der Waals surface area contributed by atoms with Crippen LogP contribution in [0.1, 0.15) is 80.4 Å². The molecule has 0 amide bonds. The first kappa shape index (κ1) is 37.3. The largest absolute Gasteiger partial charge is 0.512 e. The number of benzene rings is 3. The van der Waals surface area contributed by atoms with Crippen molar-refractivity contribution in [2.45, 2.75) is 74.7 Å². The van der Waals surface area contributed by atoms with Crippen LogP contribution in [0.5, 0.6) is 0 Å². The maximum absolute atomic E-state index is 12.3. The third-order valence-corrected chi connectivity index (χ3v) is 9.71. The van der Waals surface area contributed by atoms with Gasteiger partial charge in [-0.05, 0) is 57.8 Å². The van der Waals surface area contributed by atoms with Crippen LogP contribution < -0.4 is 0 Å². The normalized spacial score (nSPS) is 14.1. The van der Waals surface area contributed by atoms with Gasteiger partial charge in [-0.1, -0.05) is 123 Å². The van der Waals surface area contributed by atoms with Crippen molar-refractivity contribution in [2.75, 3.05) is 0 Å². The minimum absolute atomic E-state index is 0. The molecule has 3 aromatic carbocycles. The minimum atomic E-state index is -0.0119. The summed E-state index contributed by atoms with van der Waals surface area (Å²) in [4.78, 5) is 16.9. The van der Waals surface area contributed by atoms with E-state index in [1.165, 1.54) is 28.0 Å². The van der Waals surface area contributed by atoms with Gasteiger partial charge in [-0.15, -0.1) is 18.2 Å². The first-order valence-corrected chi connectivity index (χ1v) is 17.1. The smallest absolute Gasteiger partial charge is 0.162 e. The van der Waals surface area contributed by atoms with Crippen molar-refractivity contribution in [2.24, 2.45) is 35.5 Å². The Kier molecular flexibility index (Phi) is 11.6. The minimum Gasteiger partial charge on any atom is -0.512 e. The second-order valence-corrected chi connectivity index (χ2v) is 15.0. The molecule has 0 fully saturated rings. The summed E-state index contributed by atoms with van der Waals surface area (Å²) < 4.78 is 6.50. The Morgan fingerprint density at radius 2 is 1.52 bits per heavy atom. The van der Waals surface area contributed by atoms with Gasteiger partial charge < -0.3 is 14.5 Å². The number of aliphatic hydroxyl groups excluding tert-OH is 1. The fourth-order valence-electron chi connectivity index (χ4n) is 7.68. The summed E-state index contributed by atoms with van der Waals surface area (Å²) in [5, 5.41) is 15.1. The number of furan rings is 1. The van der Waals surface area contributed by atoms with Crippen molar-refractivity contribution in [1.82, 2.24) is 4.98 Å². The van der Waals surface area contributed by atoms with Gasteiger partial charge in [-0.25, -0.2) is 0 Å². The molecule has 5 aromatic rings. The number of nitrogens with zero attached hydrogens (tertiary/aromatic N) is 1. The number of ketones is 1. The van der Waals surface area contributed by atoms with Crippen LogP contribution in [-0.2, 0) is 30.3 Å². The molecule has 0 spiro atoms. The summed E-state index contributed by atoms with van der Waals surface area (Å²) in [5.41, 5.74) is 6.11. The average Bonchev–Trinajstić information content (AvgIpc) is 3.37. The number of rotatable bonds is 8. The summed E-state index contributed by atoms with van der Waals surface area (Å²) in [7, 11) is 0. The van der Waals surface area contributed by atoms with E-state index >= 15 is 0 Å². The maximum Gasteiger partial charge on any atom is 0.162 e. The summed E-state index contributed by atoms with van der Waals surface area (Å²) in [6.45, 7) is 21.1. The predicted octanol–water partition coefficient (Wildman–Crippen LogP) is 11.8. The Morgan fingerprint density at radius 3 is 2.12 bits per heavy atom. The number of carbonyl (C=O) groups excluding carboxylic acids is 1. The quantitative estimate of drug-likeness (QED) is 0.0962. The fraction of sp³-hybridized carbons (Fsp3) is 0.395. The van der Waals surface area contributed by atoms with E-state index in [9.17, 15) is 9.90 Å². The number of carbonyl (C=O) groups is 1. The number of pyridine rings is 1. The van der Waals surface area contributed by atoms with Crippen molar-refractivity contribution in [3.05, 3.63) is 95.9 Å². The predicted molar refractivity (Wildman–Crippen MR) is 197 cm³/mol. The Hall–Kier alpha value is -3.53. The van der Waals surface area contributed by atoms with Crippen LogP contribution in [0.3, 0.4) is 0 Å². The molecule has 0 aliphatic heterocycles. The van der Waals surface area contributed by atoms with Gasteiger partial charge in [0.05, 0.1) is 11.3 Å². The molecule has 0 saturated heterocycles. The second kappa shape index (κ2) is 14.9. The SMILES string of the molecule is CC(C)C(C(=O)/C=C(\O)C(C(C)C)C(C)C)C(C)C.CC1(C)C=Cc2c3oc4c(-c5ccccn5)[c-]ccc4c3cc3cccc1c23.[Ir]. The van der Waals surface area contributed by atoms with Gasteiger partial charge in [0, 0.05) is 60.6 Å². The molecule has 0 saturated carbocycles. The summed E-state index contributed by atoms with van der Waals surface area (Å²) in [5.74, 6) is 1.63. The second-order valence-electron chi connectivity index (χ2n) is 15.0. The molecule has 1 radical (unpaired) electrons. The van der Waals surface area contributed by atoms with Crippen LogP contribution in [0.4, 0.5) is 0 Å². The van der Waals surface area contributed by atoms with E-state index in [0.717, 1.165) is 33.2 Å². The Balaban J connectivity index is 0.000000232. The Bertz CT molecular complexity index is 1940.